The van der Waals surface area contributed by atoms with Gasteiger partial charge in [0.15, 0.2) is 9.84 Å². The van der Waals surface area contributed by atoms with Crippen LogP contribution in [0.15, 0.2) is 0 Å². The van der Waals surface area contributed by atoms with Gasteiger partial charge < -0.3 is 14.8 Å². The minimum absolute atomic E-state index is 0.0912. The largest absolute Gasteiger partial charge is 0.548 e. The molecule has 0 aliphatic carbocycles. The summed E-state index contributed by atoms with van der Waals surface area (Å²) in [6.45, 7) is 0. The van der Waals surface area contributed by atoms with E-state index in [4.69, 9.17) is 0 Å². The Labute approximate surface area is 74.1 Å². The molecule has 0 aromatic rings. The summed E-state index contributed by atoms with van der Waals surface area (Å²) in [5.74, 6) is -2.44. The van der Waals surface area contributed by atoms with Crippen LogP contribution in [0.1, 0.15) is 6.42 Å². The number of aliphatic carboxylic acids is 1. The second kappa shape index (κ2) is 2.22. The lowest BCUT2D eigenvalue weighted by Gasteiger charge is -2.36. The lowest BCUT2D eigenvalue weighted by atomic mass is 10.1. The number of carbonyl (C=O) groups is 2. The summed E-state index contributed by atoms with van der Waals surface area (Å²) >= 11 is 0. The van der Waals surface area contributed by atoms with Crippen molar-refractivity contribution in [1.29, 1.82) is 0 Å². The molecule has 6 nitrogen and oxygen atoms in total. The first kappa shape index (κ1) is 8.49. The highest BCUT2D eigenvalue weighted by Crippen LogP contribution is 2.34. The predicted molar refractivity (Wildman–Crippen MR) is 37.8 cm³/mol. The number of carbonyl (C=O) groups excluding carboxylic acids is 2. The Morgan fingerprint density at radius 3 is 2.54 bits per heavy atom. The van der Waals surface area contributed by atoms with Crippen molar-refractivity contribution in [2.75, 3.05) is 5.75 Å². The van der Waals surface area contributed by atoms with E-state index < -0.39 is 38.9 Å². The molecule has 2 aliphatic heterocycles. The van der Waals surface area contributed by atoms with Gasteiger partial charge in [-0.2, -0.15) is 0 Å². The van der Waals surface area contributed by atoms with Gasteiger partial charge in [-0.3, -0.25) is 4.79 Å². The van der Waals surface area contributed by atoms with Gasteiger partial charge in [-0.25, -0.2) is 8.42 Å². The van der Waals surface area contributed by atoms with Crippen molar-refractivity contribution < 1.29 is 23.1 Å². The molecule has 2 rings (SSSR count). The van der Waals surface area contributed by atoms with Gasteiger partial charge in [-0.15, -0.1) is 0 Å². The maximum absolute atomic E-state index is 11.2. The van der Waals surface area contributed by atoms with Gasteiger partial charge in [-0.05, 0) is 0 Å². The zero-order valence-corrected chi connectivity index (χ0v) is 7.28. The molecule has 2 heterocycles. The number of carboxylic acid groups (broad SMARTS) is 1. The Bertz CT molecular complexity index is 378. The molecule has 7 heteroatoms. The van der Waals surface area contributed by atoms with Crippen LogP contribution in [0.2, 0.25) is 0 Å². The van der Waals surface area contributed by atoms with Gasteiger partial charge in [-0.1, -0.05) is 0 Å². The van der Waals surface area contributed by atoms with Crippen LogP contribution in [-0.2, 0) is 19.4 Å². The van der Waals surface area contributed by atoms with E-state index >= 15 is 0 Å². The van der Waals surface area contributed by atoms with Gasteiger partial charge in [0.05, 0.1) is 24.2 Å². The number of β-lactam (4-membered cyclic amide) rings is 1. The normalized spacial score (nSPS) is 35.4. The third kappa shape index (κ3) is 0.963. The Kier molecular flexibility index (Phi) is 1.45. The fourth-order valence-corrected chi connectivity index (χ4v) is 3.63. The van der Waals surface area contributed by atoms with Gasteiger partial charge in [0.25, 0.3) is 0 Å². The molecule has 0 radical (unpaired) electrons. The van der Waals surface area contributed by atoms with E-state index in [0.29, 0.717) is 0 Å². The third-order valence-corrected chi connectivity index (χ3v) is 4.36. The molecule has 2 saturated heterocycles. The summed E-state index contributed by atoms with van der Waals surface area (Å²) in [5, 5.41) is 9.54. The minimum atomic E-state index is -3.43. The van der Waals surface area contributed by atoms with Crippen molar-refractivity contribution in [3.8, 4) is 0 Å². The number of amides is 1. The summed E-state index contributed by atoms with van der Waals surface area (Å²) in [6, 6.07) is -1.28. The smallest absolute Gasteiger partial charge is 0.227 e. The molecule has 1 unspecified atom stereocenters. The van der Waals surface area contributed by atoms with Crippen molar-refractivity contribution in [1.82, 2.24) is 4.90 Å². The number of fused-ring (bicyclic) bond motifs is 1. The topological polar surface area (TPSA) is 94.6 Å². The van der Waals surface area contributed by atoms with E-state index in [1.54, 1.807) is 0 Å². The Hall–Kier alpha value is -1.11. The lowest BCUT2D eigenvalue weighted by Crippen LogP contribution is -2.58. The summed E-state index contributed by atoms with van der Waals surface area (Å²) in [6.07, 6.45) is -0.0912. The molecular weight excluding hydrogens is 198 g/mol. The highest BCUT2D eigenvalue weighted by molar-refractivity contribution is 7.92. The van der Waals surface area contributed by atoms with Crippen LogP contribution in [-0.4, -0.2) is 42.4 Å². The van der Waals surface area contributed by atoms with E-state index in [2.05, 4.69) is 0 Å². The summed E-state index contributed by atoms with van der Waals surface area (Å²) < 4.78 is 22.4. The number of sulfone groups is 1. The maximum atomic E-state index is 11.2. The number of nitrogens with zero attached hydrogens (tertiary/aromatic N) is 1. The van der Waals surface area contributed by atoms with Crippen molar-refractivity contribution in [3.63, 3.8) is 0 Å². The molecule has 0 spiro atoms. The Morgan fingerprint density at radius 1 is 1.54 bits per heavy atom. The molecule has 72 valence electrons. The molecule has 0 N–H and O–H groups in total. The van der Waals surface area contributed by atoms with Crippen molar-refractivity contribution in [2.45, 2.75) is 17.8 Å². The van der Waals surface area contributed by atoms with Crippen molar-refractivity contribution in [2.24, 2.45) is 0 Å². The summed E-state index contributed by atoms with van der Waals surface area (Å²) in [5.41, 5.74) is 0. The molecule has 2 fully saturated rings. The zero-order valence-electron chi connectivity index (χ0n) is 6.47. The average molecular weight is 204 g/mol. The monoisotopic (exact) mass is 204 g/mol. The maximum Gasteiger partial charge on any atom is 0.227 e. The van der Waals surface area contributed by atoms with Gasteiger partial charge >= 0.3 is 0 Å². The van der Waals surface area contributed by atoms with E-state index in [9.17, 15) is 23.1 Å². The molecular formula is C6H6NO5S-. The standard InChI is InChI=1S/C6H7NO5S/c8-4-1-5-7(4)3(6(9)10)2-13(5,11)12/h3,5H,1-2H2,(H,9,10)/p-1/t3?,5-/m1/s1. The highest BCUT2D eigenvalue weighted by atomic mass is 32.2. The van der Waals surface area contributed by atoms with Gasteiger partial charge in [0.2, 0.25) is 5.91 Å². The van der Waals surface area contributed by atoms with Crippen LogP contribution >= 0.6 is 0 Å². The van der Waals surface area contributed by atoms with E-state index in [1.807, 2.05) is 0 Å². The minimum Gasteiger partial charge on any atom is -0.548 e. The quantitative estimate of drug-likeness (QED) is 0.427. The predicted octanol–water partition coefficient (Wildman–Crippen LogP) is -2.91. The first-order valence-corrected chi connectivity index (χ1v) is 5.38. The Morgan fingerprint density at radius 2 is 2.15 bits per heavy atom. The van der Waals surface area contributed by atoms with Crippen molar-refractivity contribution in [3.05, 3.63) is 0 Å². The summed E-state index contributed by atoms with van der Waals surface area (Å²) in [7, 11) is -3.43. The lowest BCUT2D eigenvalue weighted by molar-refractivity contribution is -0.310. The number of carboxylic acids is 1. The molecule has 0 bridgehead atoms. The fourth-order valence-electron chi connectivity index (χ4n) is 1.67. The highest BCUT2D eigenvalue weighted by Gasteiger charge is 2.55. The van der Waals surface area contributed by atoms with E-state index in [1.165, 1.54) is 0 Å². The van der Waals surface area contributed by atoms with Crippen LogP contribution in [0.3, 0.4) is 0 Å². The van der Waals surface area contributed by atoms with Crippen LogP contribution in [0.4, 0.5) is 0 Å². The van der Waals surface area contributed by atoms with Crippen LogP contribution in [0.25, 0.3) is 0 Å². The van der Waals surface area contributed by atoms with Crippen LogP contribution < -0.4 is 5.11 Å². The first-order valence-electron chi connectivity index (χ1n) is 3.67. The fraction of sp³-hybridized carbons (Fsp3) is 0.667. The molecule has 0 saturated carbocycles. The SMILES string of the molecule is O=C([O-])C1CS(=O)(=O)[C@@H]2CC(=O)N12. The number of hydrogen-bond acceptors (Lipinski definition) is 5. The second-order valence-electron chi connectivity index (χ2n) is 3.12. The summed E-state index contributed by atoms with van der Waals surface area (Å²) in [4.78, 5) is 22.2. The van der Waals surface area contributed by atoms with E-state index in [0.717, 1.165) is 4.90 Å². The Balaban J connectivity index is 2.37. The number of hydrogen-bond donors (Lipinski definition) is 0. The molecule has 2 aliphatic rings. The second-order valence-corrected chi connectivity index (χ2v) is 5.33. The molecule has 13 heavy (non-hydrogen) atoms. The van der Waals surface area contributed by atoms with Gasteiger partial charge in [0, 0.05) is 0 Å². The van der Waals surface area contributed by atoms with Crippen LogP contribution in [0, 0.1) is 0 Å². The first-order chi connectivity index (χ1) is 5.93. The molecule has 2 atom stereocenters. The zero-order chi connectivity index (χ0) is 9.80. The molecule has 0 aromatic heterocycles. The van der Waals surface area contributed by atoms with Crippen molar-refractivity contribution >= 4 is 21.7 Å². The van der Waals surface area contributed by atoms with E-state index in [-0.39, 0.29) is 6.42 Å². The molecule has 1 amide bonds. The molecule has 0 aromatic carbocycles. The van der Waals surface area contributed by atoms with Gasteiger partial charge in [0.1, 0.15) is 5.37 Å². The van der Waals surface area contributed by atoms with Crippen LogP contribution in [0.5, 0.6) is 0 Å². The third-order valence-electron chi connectivity index (χ3n) is 2.36. The number of rotatable bonds is 1. The average Bonchev–Trinajstić information content (AvgIpc) is 2.18.